The molecule has 0 saturated carbocycles. The molecule has 0 amide bonds. The number of carboxylic acids is 1. The number of aliphatic hydroxyl groups excluding tert-OH is 5. The number of rotatable bonds is 35. The van der Waals surface area contributed by atoms with Crippen LogP contribution in [0.2, 0.25) is 0 Å². The van der Waals surface area contributed by atoms with E-state index in [0.717, 1.165) is 0 Å². The van der Waals surface area contributed by atoms with Crippen molar-refractivity contribution >= 4 is 5.97 Å². The number of hydrogen-bond donors (Lipinski definition) is 5. The van der Waals surface area contributed by atoms with Crippen LogP contribution in [0.4, 0.5) is 0 Å². The van der Waals surface area contributed by atoms with Crippen LogP contribution in [0.25, 0.3) is 0 Å². The van der Waals surface area contributed by atoms with E-state index in [4.69, 9.17) is 25.5 Å². The van der Waals surface area contributed by atoms with Gasteiger partial charge in [-0.1, -0.05) is 168 Å². The fourth-order valence-corrected chi connectivity index (χ4v) is 6.24. The molecule has 0 rings (SSSR count). The average Bonchev–Trinajstić information content (AvgIpc) is 3.07. The van der Waals surface area contributed by atoms with Gasteiger partial charge in [-0.05, 0) is 25.7 Å². The summed E-state index contributed by atoms with van der Waals surface area (Å²) in [6.45, 7) is 6.52. The second-order valence-electron chi connectivity index (χ2n) is 15.1. The van der Waals surface area contributed by atoms with Crippen LogP contribution >= 0.6 is 0 Å². The molecule has 4 atom stereocenters. The number of quaternary nitrogens is 1. The van der Waals surface area contributed by atoms with Crippen LogP contribution in [0.3, 0.4) is 0 Å². The van der Waals surface area contributed by atoms with Crippen molar-refractivity contribution in [2.24, 2.45) is 0 Å². The molecule has 5 N–H and O–H groups in total. The number of aliphatic carboxylic acids is 1. The zero-order valence-electron chi connectivity index (χ0n) is 32.2. The fraction of sp³-hybridized carbons (Fsp3) is 0.975. The first-order valence-corrected chi connectivity index (χ1v) is 20.4. The Bertz CT molecular complexity index is 629. The van der Waals surface area contributed by atoms with Crippen LogP contribution in [-0.2, 0) is 4.79 Å². The van der Waals surface area contributed by atoms with Crippen molar-refractivity contribution in [2.75, 3.05) is 33.8 Å². The molecule has 0 saturated heterocycles. The van der Waals surface area contributed by atoms with Crippen molar-refractivity contribution in [3.8, 4) is 0 Å². The van der Waals surface area contributed by atoms with Crippen molar-refractivity contribution in [2.45, 2.75) is 218 Å². The smallest absolute Gasteiger partial charge is 0.122 e. The standard InChI is InChI=1S/C34H72N.C6H12O7/c1-5-7-9-11-13-15-17-19-21-23-25-27-29-31-33-35(3,4)34-32-30-28-26-24-22-20-18-16-14-12-10-8-6-2;7-1-2(8)3(9)4(10)5(11)6(12)13/h5-34H2,1-4H3;2-5,7-11H,1H2,(H,12,13)/q+1;/p-1/t;2-,3-,4+,5-/m.1/s1. The van der Waals surface area contributed by atoms with E-state index >= 15 is 0 Å². The summed E-state index contributed by atoms with van der Waals surface area (Å²) < 4.78 is 1.25. The minimum absolute atomic E-state index is 0.863. The number of carbonyl (C=O) groups is 1. The van der Waals surface area contributed by atoms with Crippen LogP contribution in [0.15, 0.2) is 0 Å². The molecular weight excluding hydrogens is 606 g/mol. The third kappa shape index (κ3) is 33.7. The maximum Gasteiger partial charge on any atom is 0.122 e. The van der Waals surface area contributed by atoms with E-state index in [1.54, 1.807) is 0 Å². The van der Waals surface area contributed by atoms with Crippen molar-refractivity contribution in [1.29, 1.82) is 0 Å². The van der Waals surface area contributed by atoms with E-state index in [1.807, 2.05) is 0 Å². The summed E-state index contributed by atoms with van der Waals surface area (Å²) >= 11 is 0. The van der Waals surface area contributed by atoms with E-state index in [2.05, 4.69) is 27.9 Å². The maximum atomic E-state index is 9.98. The van der Waals surface area contributed by atoms with Gasteiger partial charge in [-0.25, -0.2) is 0 Å². The number of carbonyl (C=O) groups excluding carboxylic acids is 1. The Hall–Kier alpha value is -0.770. The van der Waals surface area contributed by atoms with Crippen LogP contribution in [-0.4, -0.2) is 94.2 Å². The van der Waals surface area contributed by atoms with E-state index in [9.17, 15) is 9.90 Å². The molecule has 0 radical (unpaired) electrons. The van der Waals surface area contributed by atoms with Gasteiger partial charge in [0.05, 0.1) is 39.8 Å². The second kappa shape index (κ2) is 36.0. The Kier molecular flexibility index (Phi) is 37.0. The minimum Gasteiger partial charge on any atom is -0.547 e. The lowest BCUT2D eigenvalue weighted by Crippen LogP contribution is -2.52. The highest BCUT2D eigenvalue weighted by atomic mass is 16.4. The molecule has 0 aliphatic heterocycles. The zero-order chi connectivity index (χ0) is 36.3. The molecule has 8 heteroatoms. The first kappa shape index (κ1) is 49.3. The lowest BCUT2D eigenvalue weighted by atomic mass is 10.0. The van der Waals surface area contributed by atoms with Crippen LogP contribution < -0.4 is 5.11 Å². The summed E-state index contributed by atoms with van der Waals surface area (Å²) in [7, 11) is 4.93. The number of hydrogen-bond acceptors (Lipinski definition) is 7. The lowest BCUT2D eigenvalue weighted by molar-refractivity contribution is -0.890. The molecule has 0 spiro atoms. The van der Waals surface area contributed by atoms with Gasteiger partial charge >= 0.3 is 0 Å². The number of aliphatic hydroxyl groups is 5. The van der Waals surface area contributed by atoms with Gasteiger partial charge < -0.3 is 39.9 Å². The van der Waals surface area contributed by atoms with E-state index in [0.29, 0.717) is 0 Å². The third-order valence-electron chi connectivity index (χ3n) is 9.73. The van der Waals surface area contributed by atoms with Gasteiger partial charge in [-0.15, -0.1) is 0 Å². The van der Waals surface area contributed by atoms with Crippen LogP contribution in [0.5, 0.6) is 0 Å². The number of unbranched alkanes of at least 4 members (excludes halogenated alkanes) is 26. The first-order chi connectivity index (χ1) is 23.0. The highest BCUT2D eigenvalue weighted by molar-refractivity contribution is 5.70. The van der Waals surface area contributed by atoms with E-state index < -0.39 is 37.0 Å². The van der Waals surface area contributed by atoms with Gasteiger partial charge in [0.1, 0.15) is 24.4 Å². The summed E-state index contributed by atoms with van der Waals surface area (Å²) in [4.78, 5) is 9.98. The molecule has 0 aromatic rings. The normalized spacial score (nSPS) is 14.3. The Morgan fingerprint density at radius 2 is 0.729 bits per heavy atom. The van der Waals surface area contributed by atoms with E-state index in [1.165, 1.54) is 197 Å². The maximum absolute atomic E-state index is 9.98. The Morgan fingerprint density at radius 1 is 0.479 bits per heavy atom. The van der Waals surface area contributed by atoms with Crippen molar-refractivity contribution in [3.05, 3.63) is 0 Å². The van der Waals surface area contributed by atoms with Gasteiger partial charge in [0.25, 0.3) is 0 Å². The monoisotopic (exact) mass is 690 g/mol. The molecular formula is C40H83NO7. The quantitative estimate of drug-likeness (QED) is 0.0350. The van der Waals surface area contributed by atoms with Gasteiger partial charge in [0, 0.05) is 0 Å². The van der Waals surface area contributed by atoms with Gasteiger partial charge in [-0.2, -0.15) is 0 Å². The Balaban J connectivity index is 0. The molecule has 0 bridgehead atoms. The van der Waals surface area contributed by atoms with Crippen LogP contribution in [0, 0.1) is 0 Å². The summed E-state index contributed by atoms with van der Waals surface area (Å²) in [5.41, 5.74) is 0. The molecule has 0 aliphatic rings. The van der Waals surface area contributed by atoms with Crippen molar-refractivity contribution < 1.29 is 39.9 Å². The fourth-order valence-electron chi connectivity index (χ4n) is 6.24. The molecule has 0 aliphatic carbocycles. The van der Waals surface area contributed by atoms with Gasteiger partial charge in [0.2, 0.25) is 0 Å². The summed E-state index contributed by atoms with van der Waals surface area (Å²) in [6.07, 6.45) is 32.9. The van der Waals surface area contributed by atoms with Crippen molar-refractivity contribution in [3.63, 3.8) is 0 Å². The highest BCUT2D eigenvalue weighted by Gasteiger charge is 2.30. The molecule has 0 aromatic carbocycles. The summed E-state index contributed by atoms with van der Waals surface area (Å²) in [5.74, 6) is -1.98. The van der Waals surface area contributed by atoms with E-state index in [-0.39, 0.29) is 0 Å². The van der Waals surface area contributed by atoms with Gasteiger partial charge in [-0.3, -0.25) is 0 Å². The van der Waals surface area contributed by atoms with Crippen molar-refractivity contribution in [1.82, 2.24) is 0 Å². The SMILES string of the molecule is CCCCCCCCCCCCCCCC[N+](C)(C)CCCCCCCCCCCCCCCC.O=C([O-])[C@H](O)[C@@H](O)[C@H](O)[C@H](O)CO. The predicted molar refractivity (Wildman–Crippen MR) is 199 cm³/mol. The Morgan fingerprint density at radius 3 is 0.958 bits per heavy atom. The molecule has 0 aromatic heterocycles. The average molecular weight is 690 g/mol. The van der Waals surface area contributed by atoms with Gasteiger partial charge in [0.15, 0.2) is 0 Å². The summed E-state index contributed by atoms with van der Waals surface area (Å²) in [6, 6.07) is 0. The zero-order valence-corrected chi connectivity index (χ0v) is 32.2. The summed E-state index contributed by atoms with van der Waals surface area (Å²) in [5, 5.41) is 53.4. The molecule has 8 nitrogen and oxygen atoms in total. The molecule has 48 heavy (non-hydrogen) atoms. The molecule has 0 heterocycles. The molecule has 290 valence electrons. The predicted octanol–water partition coefficient (Wildman–Crippen LogP) is 7.20. The minimum atomic E-state index is -2.31. The Labute approximate surface area is 297 Å². The molecule has 0 fully saturated rings. The number of carboxylic acid groups (broad SMARTS) is 1. The lowest BCUT2D eigenvalue weighted by Gasteiger charge is -2.30. The van der Waals surface area contributed by atoms with Crippen LogP contribution in [0.1, 0.15) is 194 Å². The highest BCUT2D eigenvalue weighted by Crippen LogP contribution is 2.16. The largest absolute Gasteiger partial charge is 0.547 e. The topological polar surface area (TPSA) is 141 Å². The molecule has 0 unspecified atom stereocenters. The third-order valence-corrected chi connectivity index (χ3v) is 9.73. The second-order valence-corrected chi connectivity index (χ2v) is 15.1. The number of nitrogens with zero attached hydrogens (tertiary/aromatic N) is 1. The first-order valence-electron chi connectivity index (χ1n) is 20.4.